The van der Waals surface area contributed by atoms with Crippen LogP contribution in [0.4, 0.5) is 5.69 Å². The van der Waals surface area contributed by atoms with Gasteiger partial charge in [0.15, 0.2) is 0 Å². The summed E-state index contributed by atoms with van der Waals surface area (Å²) < 4.78 is 7.46. The highest BCUT2D eigenvalue weighted by molar-refractivity contribution is 6.04. The second kappa shape index (κ2) is 6.22. The molecule has 0 saturated heterocycles. The lowest BCUT2D eigenvalue weighted by molar-refractivity contribution is 0.102. The van der Waals surface area contributed by atoms with Crippen molar-refractivity contribution < 1.29 is 9.53 Å². The third-order valence-electron chi connectivity index (χ3n) is 3.52. The molecule has 0 unspecified atom stereocenters. The third kappa shape index (κ3) is 3.87. The van der Waals surface area contributed by atoms with Crippen LogP contribution in [0.2, 0.25) is 0 Å². The van der Waals surface area contributed by atoms with Crippen molar-refractivity contribution in [3.63, 3.8) is 0 Å². The standard InChI is InChI=1S/C17H21N3O2/c1-12(2)22-16-7-5-14(6-8-16)17(21)19-15-9-18-20(11-15)10-13-3-4-13/h5-9,11-13H,3-4,10H2,1-2H3,(H,19,21). The fourth-order valence-corrected chi connectivity index (χ4v) is 2.25. The summed E-state index contributed by atoms with van der Waals surface area (Å²) in [6.07, 6.45) is 6.26. The van der Waals surface area contributed by atoms with E-state index in [-0.39, 0.29) is 12.0 Å². The van der Waals surface area contributed by atoms with Crippen LogP contribution in [0.25, 0.3) is 0 Å². The Morgan fingerprint density at radius 2 is 2.09 bits per heavy atom. The van der Waals surface area contributed by atoms with Crippen molar-refractivity contribution in [2.45, 2.75) is 39.3 Å². The maximum absolute atomic E-state index is 12.2. The fraction of sp³-hybridized carbons (Fsp3) is 0.412. The lowest BCUT2D eigenvalue weighted by atomic mass is 10.2. The monoisotopic (exact) mass is 299 g/mol. The van der Waals surface area contributed by atoms with Gasteiger partial charge in [0.25, 0.3) is 5.91 Å². The van der Waals surface area contributed by atoms with Gasteiger partial charge in [-0.05, 0) is 56.9 Å². The summed E-state index contributed by atoms with van der Waals surface area (Å²) >= 11 is 0. The van der Waals surface area contributed by atoms with Gasteiger partial charge < -0.3 is 10.1 Å². The smallest absolute Gasteiger partial charge is 0.255 e. The zero-order valence-corrected chi connectivity index (χ0v) is 13.0. The van der Waals surface area contributed by atoms with Gasteiger partial charge in [-0.3, -0.25) is 9.48 Å². The average molecular weight is 299 g/mol. The van der Waals surface area contributed by atoms with Crippen molar-refractivity contribution in [1.29, 1.82) is 0 Å². The van der Waals surface area contributed by atoms with E-state index >= 15 is 0 Å². The SMILES string of the molecule is CC(C)Oc1ccc(C(=O)Nc2cnn(CC3CC3)c2)cc1. The zero-order chi connectivity index (χ0) is 15.5. The largest absolute Gasteiger partial charge is 0.491 e. The summed E-state index contributed by atoms with van der Waals surface area (Å²) in [6, 6.07) is 7.15. The van der Waals surface area contributed by atoms with Crippen LogP contribution in [-0.2, 0) is 6.54 Å². The molecular formula is C17H21N3O2. The van der Waals surface area contributed by atoms with E-state index in [9.17, 15) is 4.79 Å². The second-order valence-corrected chi connectivity index (χ2v) is 6.04. The summed E-state index contributed by atoms with van der Waals surface area (Å²) in [6.45, 7) is 4.89. The topological polar surface area (TPSA) is 56.1 Å². The molecule has 1 N–H and O–H groups in total. The Kier molecular flexibility index (Phi) is 4.13. The molecule has 0 aliphatic heterocycles. The molecule has 1 aliphatic rings. The second-order valence-electron chi connectivity index (χ2n) is 6.04. The number of anilines is 1. The van der Waals surface area contributed by atoms with Gasteiger partial charge in [0, 0.05) is 18.3 Å². The molecule has 5 nitrogen and oxygen atoms in total. The molecule has 1 saturated carbocycles. The quantitative estimate of drug-likeness (QED) is 0.890. The molecule has 1 aromatic heterocycles. The maximum atomic E-state index is 12.2. The molecule has 1 heterocycles. The number of ether oxygens (including phenoxy) is 1. The number of hydrogen-bond acceptors (Lipinski definition) is 3. The number of benzene rings is 1. The van der Waals surface area contributed by atoms with E-state index < -0.39 is 0 Å². The molecule has 1 amide bonds. The molecule has 1 fully saturated rings. The Bertz CT molecular complexity index is 642. The van der Waals surface area contributed by atoms with Crippen molar-refractivity contribution in [3.05, 3.63) is 42.2 Å². The van der Waals surface area contributed by atoms with Gasteiger partial charge in [-0.2, -0.15) is 5.10 Å². The Morgan fingerprint density at radius 1 is 1.36 bits per heavy atom. The van der Waals surface area contributed by atoms with E-state index in [2.05, 4.69) is 10.4 Å². The van der Waals surface area contributed by atoms with Crippen molar-refractivity contribution in [1.82, 2.24) is 9.78 Å². The van der Waals surface area contributed by atoms with Crippen LogP contribution in [0, 0.1) is 5.92 Å². The van der Waals surface area contributed by atoms with E-state index in [1.807, 2.05) is 36.9 Å². The Labute approximate surface area is 130 Å². The van der Waals surface area contributed by atoms with Gasteiger partial charge in [0.2, 0.25) is 0 Å². The molecule has 3 rings (SSSR count). The zero-order valence-electron chi connectivity index (χ0n) is 13.0. The molecule has 0 radical (unpaired) electrons. The lowest BCUT2D eigenvalue weighted by Gasteiger charge is -2.09. The van der Waals surface area contributed by atoms with Gasteiger partial charge in [-0.15, -0.1) is 0 Å². The Hall–Kier alpha value is -2.30. The fourth-order valence-electron chi connectivity index (χ4n) is 2.25. The first kappa shape index (κ1) is 14.6. The number of nitrogens with one attached hydrogen (secondary N) is 1. The van der Waals surface area contributed by atoms with E-state index in [1.165, 1.54) is 12.8 Å². The van der Waals surface area contributed by atoms with E-state index in [0.717, 1.165) is 23.9 Å². The molecule has 0 atom stereocenters. The van der Waals surface area contributed by atoms with E-state index in [4.69, 9.17) is 4.74 Å². The van der Waals surface area contributed by atoms with Crippen LogP contribution in [0.3, 0.4) is 0 Å². The minimum absolute atomic E-state index is 0.122. The van der Waals surface area contributed by atoms with Crippen LogP contribution < -0.4 is 10.1 Å². The van der Waals surface area contributed by atoms with E-state index in [0.29, 0.717) is 5.56 Å². The van der Waals surface area contributed by atoms with Crippen LogP contribution in [0.15, 0.2) is 36.7 Å². The molecule has 22 heavy (non-hydrogen) atoms. The maximum Gasteiger partial charge on any atom is 0.255 e. The van der Waals surface area contributed by atoms with Gasteiger partial charge in [0.05, 0.1) is 18.0 Å². The highest BCUT2D eigenvalue weighted by Crippen LogP contribution is 2.30. The molecule has 116 valence electrons. The number of hydrogen-bond donors (Lipinski definition) is 1. The van der Waals surface area contributed by atoms with E-state index in [1.54, 1.807) is 18.3 Å². The summed E-state index contributed by atoms with van der Waals surface area (Å²) in [5.74, 6) is 1.39. The molecular weight excluding hydrogens is 278 g/mol. The number of nitrogens with zero attached hydrogens (tertiary/aromatic N) is 2. The van der Waals surface area contributed by atoms with Gasteiger partial charge >= 0.3 is 0 Å². The molecule has 1 aliphatic carbocycles. The lowest BCUT2D eigenvalue weighted by Crippen LogP contribution is -2.11. The summed E-state index contributed by atoms with van der Waals surface area (Å²) in [4.78, 5) is 12.2. The molecule has 1 aromatic carbocycles. The van der Waals surface area contributed by atoms with Gasteiger partial charge in [-0.25, -0.2) is 0 Å². The minimum Gasteiger partial charge on any atom is -0.491 e. The van der Waals surface area contributed by atoms with Gasteiger partial charge in [-0.1, -0.05) is 0 Å². The predicted molar refractivity (Wildman–Crippen MR) is 85.1 cm³/mol. The number of amides is 1. The number of carbonyl (C=O) groups excluding carboxylic acids is 1. The van der Waals surface area contributed by atoms with Crippen LogP contribution in [0.1, 0.15) is 37.0 Å². The Balaban J connectivity index is 1.59. The first-order chi connectivity index (χ1) is 10.6. The number of rotatable bonds is 6. The molecule has 5 heteroatoms. The Morgan fingerprint density at radius 3 is 2.73 bits per heavy atom. The average Bonchev–Trinajstić information content (AvgIpc) is 3.18. The summed E-state index contributed by atoms with van der Waals surface area (Å²) in [5, 5.41) is 7.14. The van der Waals surface area contributed by atoms with Crippen molar-refractivity contribution in [2.75, 3.05) is 5.32 Å². The highest BCUT2D eigenvalue weighted by Gasteiger charge is 2.22. The number of carbonyl (C=O) groups is 1. The third-order valence-corrected chi connectivity index (χ3v) is 3.52. The minimum atomic E-state index is -0.137. The number of aromatic nitrogens is 2. The van der Waals surface area contributed by atoms with Gasteiger partial charge in [0.1, 0.15) is 5.75 Å². The summed E-state index contributed by atoms with van der Waals surface area (Å²) in [5.41, 5.74) is 1.33. The molecule has 2 aromatic rings. The van der Waals surface area contributed by atoms with Crippen molar-refractivity contribution >= 4 is 11.6 Å². The van der Waals surface area contributed by atoms with Crippen molar-refractivity contribution in [2.24, 2.45) is 5.92 Å². The molecule has 0 spiro atoms. The van der Waals surface area contributed by atoms with Crippen LogP contribution in [0.5, 0.6) is 5.75 Å². The normalized spacial score (nSPS) is 14.1. The van der Waals surface area contributed by atoms with Crippen molar-refractivity contribution in [3.8, 4) is 5.75 Å². The summed E-state index contributed by atoms with van der Waals surface area (Å²) in [7, 11) is 0. The highest BCUT2D eigenvalue weighted by atomic mass is 16.5. The first-order valence-corrected chi connectivity index (χ1v) is 7.70. The first-order valence-electron chi connectivity index (χ1n) is 7.70. The predicted octanol–water partition coefficient (Wildman–Crippen LogP) is 3.33. The molecule has 0 bridgehead atoms. The van der Waals surface area contributed by atoms with Crippen LogP contribution >= 0.6 is 0 Å². The van der Waals surface area contributed by atoms with Crippen LogP contribution in [-0.4, -0.2) is 21.8 Å².